The maximum Gasteiger partial charge on any atom is 0.244 e. The molecule has 1 N–H and O–H groups in total. The van der Waals surface area contributed by atoms with E-state index in [-0.39, 0.29) is 11.7 Å². The van der Waals surface area contributed by atoms with Crippen molar-refractivity contribution in [2.75, 3.05) is 19.8 Å². The standard InChI is InChI=1S/C21H24FNO3/c1-3-25-19-11-7-17(15-20(19)26-4-2)8-12-21(24)23-14-13-16-5-9-18(22)10-6-16/h5-12,15H,3-4,13-14H2,1-2H3,(H,23,24)/b12-8+. The SMILES string of the molecule is CCOc1ccc(/C=C/C(=O)NCCc2ccc(F)cc2)cc1OCC. The first kappa shape index (κ1) is 19.5. The predicted octanol–water partition coefficient (Wildman–Crippen LogP) is 4.00. The third-order valence-corrected chi connectivity index (χ3v) is 3.62. The second kappa shape index (κ2) is 10.2. The Morgan fingerprint density at radius 2 is 1.73 bits per heavy atom. The smallest absolute Gasteiger partial charge is 0.244 e. The fourth-order valence-electron chi connectivity index (χ4n) is 2.38. The van der Waals surface area contributed by atoms with Crippen LogP contribution in [0.25, 0.3) is 6.08 Å². The van der Waals surface area contributed by atoms with Gasteiger partial charge < -0.3 is 14.8 Å². The number of rotatable bonds is 9. The lowest BCUT2D eigenvalue weighted by Crippen LogP contribution is -2.23. The molecule has 0 heterocycles. The highest BCUT2D eigenvalue weighted by Gasteiger charge is 2.05. The van der Waals surface area contributed by atoms with Crippen LogP contribution < -0.4 is 14.8 Å². The summed E-state index contributed by atoms with van der Waals surface area (Å²) in [5.74, 6) is 0.907. The minimum absolute atomic E-state index is 0.182. The van der Waals surface area contributed by atoms with Gasteiger partial charge in [0.15, 0.2) is 11.5 Å². The Kier molecular flexibility index (Phi) is 7.68. The lowest BCUT2D eigenvalue weighted by atomic mass is 10.1. The van der Waals surface area contributed by atoms with Crippen LogP contribution in [-0.2, 0) is 11.2 Å². The molecule has 138 valence electrons. The van der Waals surface area contributed by atoms with Crippen molar-refractivity contribution in [3.05, 3.63) is 65.5 Å². The average molecular weight is 357 g/mol. The second-order valence-corrected chi connectivity index (χ2v) is 5.57. The summed E-state index contributed by atoms with van der Waals surface area (Å²) in [4.78, 5) is 11.9. The molecule has 2 rings (SSSR count). The molecule has 0 atom stereocenters. The second-order valence-electron chi connectivity index (χ2n) is 5.57. The number of carbonyl (C=O) groups excluding carboxylic acids is 1. The lowest BCUT2D eigenvalue weighted by Gasteiger charge is -2.11. The van der Waals surface area contributed by atoms with Crippen LogP contribution in [0.1, 0.15) is 25.0 Å². The van der Waals surface area contributed by atoms with Crippen molar-refractivity contribution in [1.82, 2.24) is 5.32 Å². The van der Waals surface area contributed by atoms with Gasteiger partial charge in [0.25, 0.3) is 0 Å². The topological polar surface area (TPSA) is 47.6 Å². The van der Waals surface area contributed by atoms with Crippen LogP contribution in [0, 0.1) is 5.82 Å². The summed E-state index contributed by atoms with van der Waals surface area (Å²) in [7, 11) is 0. The van der Waals surface area contributed by atoms with E-state index in [2.05, 4.69) is 5.32 Å². The molecule has 2 aromatic rings. The molecule has 0 saturated heterocycles. The van der Waals surface area contributed by atoms with E-state index in [1.807, 2.05) is 32.0 Å². The summed E-state index contributed by atoms with van der Waals surface area (Å²) in [5.41, 5.74) is 1.83. The molecule has 5 heteroatoms. The average Bonchev–Trinajstić information content (AvgIpc) is 2.64. The van der Waals surface area contributed by atoms with E-state index in [1.165, 1.54) is 18.2 Å². The molecular formula is C21H24FNO3. The number of hydrogen-bond donors (Lipinski definition) is 1. The van der Waals surface area contributed by atoms with Crippen molar-refractivity contribution >= 4 is 12.0 Å². The minimum atomic E-state index is -0.262. The Balaban J connectivity index is 1.88. The number of amides is 1. The third kappa shape index (κ3) is 6.24. The van der Waals surface area contributed by atoms with Gasteiger partial charge in [0.2, 0.25) is 5.91 Å². The molecule has 0 spiro atoms. The van der Waals surface area contributed by atoms with Gasteiger partial charge in [-0.1, -0.05) is 18.2 Å². The van der Waals surface area contributed by atoms with Gasteiger partial charge >= 0.3 is 0 Å². The van der Waals surface area contributed by atoms with Gasteiger partial charge in [0.1, 0.15) is 5.82 Å². The fraction of sp³-hybridized carbons (Fsp3) is 0.286. The molecule has 4 nitrogen and oxygen atoms in total. The van der Waals surface area contributed by atoms with E-state index in [1.54, 1.807) is 18.2 Å². The summed E-state index contributed by atoms with van der Waals surface area (Å²) in [6.07, 6.45) is 3.86. The summed E-state index contributed by atoms with van der Waals surface area (Å²) in [6, 6.07) is 11.8. The summed E-state index contributed by atoms with van der Waals surface area (Å²) >= 11 is 0. The highest BCUT2D eigenvalue weighted by atomic mass is 19.1. The van der Waals surface area contributed by atoms with Crippen LogP contribution in [0.5, 0.6) is 11.5 Å². The Morgan fingerprint density at radius 3 is 2.42 bits per heavy atom. The highest BCUT2D eigenvalue weighted by Crippen LogP contribution is 2.28. The van der Waals surface area contributed by atoms with E-state index in [4.69, 9.17) is 9.47 Å². The van der Waals surface area contributed by atoms with Gasteiger partial charge in [-0.05, 0) is 61.7 Å². The normalized spacial score (nSPS) is 10.7. The molecule has 26 heavy (non-hydrogen) atoms. The molecule has 0 unspecified atom stereocenters. The van der Waals surface area contributed by atoms with Crippen molar-refractivity contribution in [2.45, 2.75) is 20.3 Å². The van der Waals surface area contributed by atoms with Crippen LogP contribution in [0.4, 0.5) is 4.39 Å². The molecule has 0 aliphatic heterocycles. The molecule has 0 radical (unpaired) electrons. The van der Waals surface area contributed by atoms with Crippen molar-refractivity contribution in [1.29, 1.82) is 0 Å². The van der Waals surface area contributed by atoms with Crippen molar-refractivity contribution in [3.63, 3.8) is 0 Å². The Labute approximate surface area is 153 Å². The van der Waals surface area contributed by atoms with E-state index in [0.29, 0.717) is 37.7 Å². The number of carbonyl (C=O) groups is 1. The van der Waals surface area contributed by atoms with Crippen molar-refractivity contribution in [3.8, 4) is 11.5 Å². The van der Waals surface area contributed by atoms with Crippen LogP contribution in [0.15, 0.2) is 48.5 Å². The van der Waals surface area contributed by atoms with Crippen LogP contribution >= 0.6 is 0 Å². The molecule has 0 saturated carbocycles. The van der Waals surface area contributed by atoms with Gasteiger partial charge in [-0.25, -0.2) is 4.39 Å². The number of nitrogens with one attached hydrogen (secondary N) is 1. The zero-order valence-corrected chi connectivity index (χ0v) is 15.1. The molecule has 0 aliphatic carbocycles. The van der Waals surface area contributed by atoms with E-state index in [9.17, 15) is 9.18 Å². The quantitative estimate of drug-likeness (QED) is 0.690. The van der Waals surface area contributed by atoms with Gasteiger partial charge in [-0.2, -0.15) is 0 Å². The van der Waals surface area contributed by atoms with E-state index >= 15 is 0 Å². The molecule has 0 bridgehead atoms. The molecule has 1 amide bonds. The highest BCUT2D eigenvalue weighted by molar-refractivity contribution is 5.91. The minimum Gasteiger partial charge on any atom is -0.490 e. The Hall–Kier alpha value is -2.82. The Bertz CT molecular complexity index is 741. The summed E-state index contributed by atoms with van der Waals surface area (Å²) in [5, 5.41) is 2.81. The van der Waals surface area contributed by atoms with Crippen molar-refractivity contribution in [2.24, 2.45) is 0 Å². The summed E-state index contributed by atoms with van der Waals surface area (Å²) < 4.78 is 23.9. The van der Waals surface area contributed by atoms with E-state index in [0.717, 1.165) is 11.1 Å². The summed E-state index contributed by atoms with van der Waals surface area (Å²) in [6.45, 7) is 5.41. The van der Waals surface area contributed by atoms with Gasteiger partial charge in [0, 0.05) is 12.6 Å². The first-order valence-electron chi connectivity index (χ1n) is 8.72. The molecule has 0 fully saturated rings. The zero-order chi connectivity index (χ0) is 18.8. The maximum absolute atomic E-state index is 12.8. The van der Waals surface area contributed by atoms with Crippen LogP contribution in [-0.4, -0.2) is 25.7 Å². The molecule has 0 aromatic heterocycles. The molecule has 0 aliphatic rings. The number of halogens is 1. The maximum atomic E-state index is 12.8. The number of hydrogen-bond acceptors (Lipinski definition) is 3. The van der Waals surface area contributed by atoms with Gasteiger partial charge in [-0.3, -0.25) is 4.79 Å². The third-order valence-electron chi connectivity index (χ3n) is 3.62. The zero-order valence-electron chi connectivity index (χ0n) is 15.1. The van der Waals surface area contributed by atoms with Crippen LogP contribution in [0.2, 0.25) is 0 Å². The monoisotopic (exact) mass is 357 g/mol. The van der Waals surface area contributed by atoms with Crippen molar-refractivity contribution < 1.29 is 18.7 Å². The number of benzene rings is 2. The first-order valence-corrected chi connectivity index (χ1v) is 8.72. The Morgan fingerprint density at radius 1 is 1.04 bits per heavy atom. The lowest BCUT2D eigenvalue weighted by molar-refractivity contribution is -0.116. The fourth-order valence-corrected chi connectivity index (χ4v) is 2.38. The van der Waals surface area contributed by atoms with Gasteiger partial charge in [0.05, 0.1) is 13.2 Å². The van der Waals surface area contributed by atoms with E-state index < -0.39 is 0 Å². The first-order chi connectivity index (χ1) is 12.6. The van der Waals surface area contributed by atoms with Crippen LogP contribution in [0.3, 0.4) is 0 Å². The van der Waals surface area contributed by atoms with Gasteiger partial charge in [-0.15, -0.1) is 0 Å². The molecular weight excluding hydrogens is 333 g/mol. The predicted molar refractivity (Wildman–Crippen MR) is 101 cm³/mol. The largest absolute Gasteiger partial charge is 0.490 e. The molecule has 2 aromatic carbocycles. The number of ether oxygens (including phenoxy) is 2.